The van der Waals surface area contributed by atoms with Crippen LogP contribution in [0.3, 0.4) is 0 Å². The Bertz CT molecular complexity index is 818. The van der Waals surface area contributed by atoms with Gasteiger partial charge in [0, 0.05) is 39.3 Å². The first-order valence-corrected chi connectivity index (χ1v) is 11.4. The quantitative estimate of drug-likeness (QED) is 0.733. The van der Waals surface area contributed by atoms with Crippen molar-refractivity contribution in [2.24, 2.45) is 11.8 Å². The predicted octanol–water partition coefficient (Wildman–Crippen LogP) is 2.29. The van der Waals surface area contributed by atoms with Crippen LogP contribution in [0.4, 0.5) is 4.39 Å². The van der Waals surface area contributed by atoms with Gasteiger partial charge in [-0.1, -0.05) is 25.4 Å². The molecule has 0 spiro atoms. The molecule has 2 fully saturated rings. The molecule has 9 heteroatoms. The van der Waals surface area contributed by atoms with Crippen LogP contribution in [-0.4, -0.2) is 74.2 Å². The van der Waals surface area contributed by atoms with Crippen molar-refractivity contribution in [1.29, 1.82) is 0 Å². The number of rotatable bonds is 4. The molecule has 156 valence electrons. The Morgan fingerprint density at radius 1 is 1.14 bits per heavy atom. The molecule has 6 nitrogen and oxygen atoms in total. The third-order valence-corrected chi connectivity index (χ3v) is 7.61. The van der Waals surface area contributed by atoms with Gasteiger partial charge in [-0.05, 0) is 36.5 Å². The molecule has 28 heavy (non-hydrogen) atoms. The summed E-state index contributed by atoms with van der Waals surface area (Å²) in [5.41, 5.74) is 0. The molecule has 0 unspecified atom stereocenters. The maximum Gasteiger partial charge on any atom is 0.243 e. The molecule has 0 N–H and O–H groups in total. The van der Waals surface area contributed by atoms with Gasteiger partial charge in [0.25, 0.3) is 0 Å². The minimum atomic E-state index is -3.76. The van der Waals surface area contributed by atoms with E-state index in [9.17, 15) is 17.6 Å². The summed E-state index contributed by atoms with van der Waals surface area (Å²) in [6.45, 7) is 7.79. The molecular weight excluding hydrogens is 405 g/mol. The van der Waals surface area contributed by atoms with Gasteiger partial charge in [0.2, 0.25) is 15.9 Å². The lowest BCUT2D eigenvalue weighted by Gasteiger charge is -2.38. The topological polar surface area (TPSA) is 60.9 Å². The highest BCUT2D eigenvalue weighted by Crippen LogP contribution is 2.24. The van der Waals surface area contributed by atoms with E-state index in [-0.39, 0.29) is 28.9 Å². The largest absolute Gasteiger partial charge is 0.339 e. The maximum absolute atomic E-state index is 13.3. The fourth-order valence-electron chi connectivity index (χ4n) is 4.18. The Balaban J connectivity index is 1.57. The summed E-state index contributed by atoms with van der Waals surface area (Å²) in [4.78, 5) is 16.5. The Kier molecular flexibility index (Phi) is 6.64. The number of piperidine rings is 1. The first-order valence-electron chi connectivity index (χ1n) is 9.62. The molecular formula is C19H27ClFN3O3S. The number of sulfonamides is 1. The molecule has 1 aromatic rings. The highest BCUT2D eigenvalue weighted by molar-refractivity contribution is 7.89. The second-order valence-corrected chi connectivity index (χ2v) is 10.3. The Hall–Kier alpha value is -1.22. The van der Waals surface area contributed by atoms with Gasteiger partial charge >= 0.3 is 0 Å². The number of amides is 1. The summed E-state index contributed by atoms with van der Waals surface area (Å²) in [7, 11) is -3.76. The fraction of sp³-hybridized carbons (Fsp3) is 0.632. The number of hydrogen-bond acceptors (Lipinski definition) is 4. The van der Waals surface area contributed by atoms with E-state index in [0.29, 0.717) is 31.5 Å². The van der Waals surface area contributed by atoms with Crippen molar-refractivity contribution in [3.8, 4) is 0 Å². The van der Waals surface area contributed by atoms with Crippen LogP contribution in [-0.2, 0) is 14.8 Å². The number of carbonyl (C=O) groups excluding carboxylic acids is 1. The number of carbonyl (C=O) groups is 1. The summed E-state index contributed by atoms with van der Waals surface area (Å²) < 4.78 is 40.1. The van der Waals surface area contributed by atoms with Gasteiger partial charge in [0.15, 0.2) is 0 Å². The van der Waals surface area contributed by atoms with E-state index in [1.165, 1.54) is 16.8 Å². The molecule has 2 aliphatic heterocycles. The second-order valence-electron chi connectivity index (χ2n) is 8.00. The number of nitrogens with zero attached hydrogens (tertiary/aromatic N) is 3. The average molecular weight is 432 g/mol. The molecule has 3 rings (SSSR count). The van der Waals surface area contributed by atoms with Gasteiger partial charge in [0.05, 0.1) is 16.5 Å². The fourth-order valence-corrected chi connectivity index (χ4v) is 5.87. The standard InChI is InChI=1S/C19H27ClFN3O3S/c1-14-9-15(2)12-22(11-14)13-19(25)23-5-7-24(8-6-23)28(26,27)16-3-4-18(21)17(20)10-16/h3-4,10,14-15H,5-9,11-13H2,1-2H3/t14-,15-/m0/s1. The van der Waals surface area contributed by atoms with E-state index in [4.69, 9.17) is 11.6 Å². The summed E-state index contributed by atoms with van der Waals surface area (Å²) in [6, 6.07) is 3.39. The molecule has 2 heterocycles. The number of benzene rings is 1. The van der Waals surface area contributed by atoms with E-state index in [2.05, 4.69) is 18.7 Å². The Morgan fingerprint density at radius 2 is 1.75 bits per heavy atom. The highest BCUT2D eigenvalue weighted by atomic mass is 35.5. The van der Waals surface area contributed by atoms with Crippen LogP contribution in [0.25, 0.3) is 0 Å². The van der Waals surface area contributed by atoms with Crippen molar-refractivity contribution < 1.29 is 17.6 Å². The lowest BCUT2D eigenvalue weighted by molar-refractivity contribution is -0.134. The average Bonchev–Trinajstić information content (AvgIpc) is 2.63. The van der Waals surface area contributed by atoms with E-state index >= 15 is 0 Å². The van der Waals surface area contributed by atoms with E-state index < -0.39 is 15.8 Å². The molecule has 0 radical (unpaired) electrons. The smallest absolute Gasteiger partial charge is 0.243 e. The molecule has 1 aromatic carbocycles. The monoisotopic (exact) mass is 431 g/mol. The molecule has 0 aromatic heterocycles. The molecule has 0 aliphatic carbocycles. The van der Waals surface area contributed by atoms with Gasteiger partial charge in [-0.3, -0.25) is 9.69 Å². The summed E-state index contributed by atoms with van der Waals surface area (Å²) in [6.07, 6.45) is 1.19. The van der Waals surface area contributed by atoms with Crippen molar-refractivity contribution in [2.45, 2.75) is 25.2 Å². The zero-order valence-corrected chi connectivity index (χ0v) is 17.8. The SMILES string of the molecule is C[C@H]1C[C@H](C)CN(CC(=O)N2CCN(S(=O)(=O)c3ccc(F)c(Cl)c3)CC2)C1. The Labute approximate surface area is 171 Å². The number of likely N-dealkylation sites (tertiary alicyclic amines) is 1. The van der Waals surface area contributed by atoms with Crippen molar-refractivity contribution in [3.05, 3.63) is 29.0 Å². The minimum absolute atomic E-state index is 0.0324. The van der Waals surface area contributed by atoms with Gasteiger partial charge in [-0.2, -0.15) is 4.31 Å². The maximum atomic E-state index is 13.3. The predicted molar refractivity (Wildman–Crippen MR) is 106 cm³/mol. The van der Waals surface area contributed by atoms with Crippen molar-refractivity contribution >= 4 is 27.5 Å². The van der Waals surface area contributed by atoms with E-state index in [1.807, 2.05) is 0 Å². The third-order valence-electron chi connectivity index (χ3n) is 5.42. The molecule has 0 saturated carbocycles. The second kappa shape index (κ2) is 8.65. The first kappa shape index (κ1) is 21.5. The zero-order chi connectivity index (χ0) is 20.5. The Morgan fingerprint density at radius 3 is 2.32 bits per heavy atom. The van der Waals surface area contributed by atoms with Crippen LogP contribution >= 0.6 is 11.6 Å². The first-order chi connectivity index (χ1) is 13.2. The summed E-state index contributed by atoms with van der Waals surface area (Å²) >= 11 is 5.72. The molecule has 1 amide bonds. The summed E-state index contributed by atoms with van der Waals surface area (Å²) in [5, 5.41) is -0.222. The molecule has 0 bridgehead atoms. The molecule has 2 aliphatic rings. The van der Waals surface area contributed by atoms with Crippen LogP contribution in [0, 0.1) is 17.7 Å². The lowest BCUT2D eigenvalue weighted by Crippen LogP contribution is -2.53. The van der Waals surface area contributed by atoms with Gasteiger partial charge in [0.1, 0.15) is 5.82 Å². The van der Waals surface area contributed by atoms with E-state index in [0.717, 1.165) is 25.2 Å². The van der Waals surface area contributed by atoms with Crippen LogP contribution in [0.2, 0.25) is 5.02 Å². The summed E-state index contributed by atoms with van der Waals surface area (Å²) in [5.74, 6) is 0.558. The normalized spacial score (nSPS) is 25.1. The van der Waals surface area contributed by atoms with Gasteiger partial charge in [-0.25, -0.2) is 12.8 Å². The van der Waals surface area contributed by atoms with Gasteiger partial charge < -0.3 is 4.90 Å². The van der Waals surface area contributed by atoms with Crippen LogP contribution in [0.5, 0.6) is 0 Å². The van der Waals surface area contributed by atoms with Crippen LogP contribution < -0.4 is 0 Å². The van der Waals surface area contributed by atoms with Gasteiger partial charge in [-0.15, -0.1) is 0 Å². The third kappa shape index (κ3) is 4.84. The molecule has 2 atom stereocenters. The minimum Gasteiger partial charge on any atom is -0.339 e. The molecule has 2 saturated heterocycles. The highest BCUT2D eigenvalue weighted by Gasteiger charge is 2.31. The van der Waals surface area contributed by atoms with Crippen LogP contribution in [0.15, 0.2) is 23.1 Å². The van der Waals surface area contributed by atoms with Crippen molar-refractivity contribution in [2.75, 3.05) is 45.8 Å². The van der Waals surface area contributed by atoms with Crippen molar-refractivity contribution in [3.63, 3.8) is 0 Å². The van der Waals surface area contributed by atoms with Crippen molar-refractivity contribution in [1.82, 2.24) is 14.1 Å². The van der Waals surface area contributed by atoms with E-state index in [1.54, 1.807) is 4.90 Å². The number of hydrogen-bond donors (Lipinski definition) is 0. The number of halogens is 2. The zero-order valence-electron chi connectivity index (χ0n) is 16.3. The number of piperazine rings is 1. The van der Waals surface area contributed by atoms with Crippen LogP contribution in [0.1, 0.15) is 20.3 Å². The lowest BCUT2D eigenvalue weighted by atomic mass is 9.92.